The highest BCUT2D eigenvalue weighted by Gasteiger charge is 2.33. The maximum absolute atomic E-state index is 14.5. The summed E-state index contributed by atoms with van der Waals surface area (Å²) in [5.41, 5.74) is 9.42. The summed E-state index contributed by atoms with van der Waals surface area (Å²) in [4.78, 5) is 20.8. The van der Waals surface area contributed by atoms with Crippen molar-refractivity contribution in [3.63, 3.8) is 0 Å². The predicted molar refractivity (Wildman–Crippen MR) is 161 cm³/mol. The Morgan fingerprint density at radius 2 is 2.12 bits per heavy atom. The Hall–Kier alpha value is -4.15. The number of carbonyl (C=O) groups excluding carboxylic acids is 1. The SMILES string of the molecule is C=C1C=C(c2cc(Cl)ccc2C2=NOCC2)C(OC)=CN1C(C[C@H]1CCCCO1)C(=O)Nc1ccc(C(=N)N)c(F)c1. The van der Waals surface area contributed by atoms with E-state index in [2.05, 4.69) is 17.1 Å². The van der Waals surface area contributed by atoms with Crippen molar-refractivity contribution in [3.05, 3.63) is 94.2 Å². The van der Waals surface area contributed by atoms with Crippen LogP contribution in [0.3, 0.4) is 0 Å². The van der Waals surface area contributed by atoms with Crippen LogP contribution in [0.4, 0.5) is 10.1 Å². The molecule has 0 saturated carbocycles. The fraction of sp³-hybridized carbons (Fsp3) is 0.323. The van der Waals surface area contributed by atoms with Crippen molar-refractivity contribution in [1.29, 1.82) is 5.41 Å². The molecule has 1 amide bonds. The number of nitrogen functional groups attached to an aromatic ring is 1. The first-order valence-corrected chi connectivity index (χ1v) is 14.1. The Bertz CT molecular complexity index is 1500. The van der Waals surface area contributed by atoms with E-state index in [1.54, 1.807) is 24.3 Å². The molecular formula is C31H33ClFN5O4. The van der Waals surface area contributed by atoms with Gasteiger partial charge < -0.3 is 30.3 Å². The molecule has 0 aromatic heterocycles. The molecule has 0 radical (unpaired) electrons. The van der Waals surface area contributed by atoms with Crippen molar-refractivity contribution in [3.8, 4) is 0 Å². The van der Waals surface area contributed by atoms with Crippen LogP contribution in [-0.2, 0) is 19.1 Å². The summed E-state index contributed by atoms with van der Waals surface area (Å²) < 4.78 is 26.4. The number of hydrogen-bond donors (Lipinski definition) is 3. The molecule has 11 heteroatoms. The average Bonchev–Trinajstić information content (AvgIpc) is 3.51. The van der Waals surface area contributed by atoms with Gasteiger partial charge in [0.2, 0.25) is 5.91 Å². The minimum atomic E-state index is -0.745. The molecule has 0 spiro atoms. The van der Waals surface area contributed by atoms with Gasteiger partial charge in [0.05, 0.1) is 24.5 Å². The summed E-state index contributed by atoms with van der Waals surface area (Å²) in [6.45, 7) is 5.42. The number of nitrogens with two attached hydrogens (primary N) is 1. The van der Waals surface area contributed by atoms with E-state index in [9.17, 15) is 9.18 Å². The minimum absolute atomic E-state index is 0.0367. The van der Waals surface area contributed by atoms with Gasteiger partial charge in [-0.2, -0.15) is 0 Å². The number of hydrogen-bond acceptors (Lipinski definition) is 7. The summed E-state index contributed by atoms with van der Waals surface area (Å²) in [6.07, 6.45) is 7.32. The smallest absolute Gasteiger partial charge is 0.247 e. The first-order valence-electron chi connectivity index (χ1n) is 13.8. The molecule has 3 heterocycles. The Kier molecular flexibility index (Phi) is 8.94. The molecule has 4 N–H and O–H groups in total. The number of nitrogens with zero attached hydrogens (tertiary/aromatic N) is 2. The van der Waals surface area contributed by atoms with Gasteiger partial charge in [-0.3, -0.25) is 10.2 Å². The molecule has 2 atom stereocenters. The second-order valence-corrected chi connectivity index (χ2v) is 10.7. The number of nitrogens with one attached hydrogen (secondary N) is 2. The largest absolute Gasteiger partial charge is 0.495 e. The van der Waals surface area contributed by atoms with Gasteiger partial charge in [0.15, 0.2) is 0 Å². The van der Waals surface area contributed by atoms with Gasteiger partial charge in [0, 0.05) is 53.2 Å². The van der Waals surface area contributed by atoms with Gasteiger partial charge in [-0.25, -0.2) is 4.39 Å². The number of oxime groups is 1. The van der Waals surface area contributed by atoms with Crippen LogP contribution in [0, 0.1) is 11.2 Å². The van der Waals surface area contributed by atoms with Crippen LogP contribution in [0.2, 0.25) is 5.02 Å². The molecule has 1 saturated heterocycles. The third-order valence-corrected chi connectivity index (χ3v) is 7.73. The lowest BCUT2D eigenvalue weighted by Crippen LogP contribution is -2.44. The molecule has 220 valence electrons. The zero-order chi connectivity index (χ0) is 29.8. The van der Waals surface area contributed by atoms with E-state index in [0.717, 1.165) is 47.7 Å². The highest BCUT2D eigenvalue weighted by molar-refractivity contribution is 6.31. The van der Waals surface area contributed by atoms with Gasteiger partial charge in [0.25, 0.3) is 0 Å². The third kappa shape index (κ3) is 6.34. The lowest BCUT2D eigenvalue weighted by Gasteiger charge is -2.36. The van der Waals surface area contributed by atoms with Gasteiger partial charge >= 0.3 is 0 Å². The van der Waals surface area contributed by atoms with Gasteiger partial charge in [0.1, 0.15) is 30.1 Å². The predicted octanol–water partition coefficient (Wildman–Crippen LogP) is 5.55. The van der Waals surface area contributed by atoms with E-state index in [4.69, 9.17) is 37.1 Å². The van der Waals surface area contributed by atoms with Crippen LogP contribution >= 0.6 is 11.6 Å². The van der Waals surface area contributed by atoms with Crippen molar-refractivity contribution in [2.75, 3.05) is 25.6 Å². The lowest BCUT2D eigenvalue weighted by atomic mass is 9.91. The standard InChI is InChI=1S/C31H33ClFN5O4/c1-18-13-25(24-14-19(32)6-8-22(24)27-10-12-42-37-27)29(40-2)17-38(18)28(16-21-5-3-4-11-41-21)31(39)36-20-7-9-23(30(34)35)26(33)15-20/h6-9,13-15,17,21,28H,1,3-5,10-12,16H2,2H3,(H3,34,35)(H,36,39)/t21-,28?/m1/s1. The zero-order valence-electron chi connectivity index (χ0n) is 23.3. The summed E-state index contributed by atoms with van der Waals surface area (Å²) in [7, 11) is 1.56. The molecule has 0 aliphatic carbocycles. The van der Waals surface area contributed by atoms with Crippen LogP contribution in [0.5, 0.6) is 0 Å². The number of allylic oxidation sites excluding steroid dienone is 2. The van der Waals surface area contributed by atoms with Crippen molar-refractivity contribution in [2.45, 2.75) is 44.2 Å². The summed E-state index contributed by atoms with van der Waals surface area (Å²) >= 11 is 6.41. The van der Waals surface area contributed by atoms with E-state index >= 15 is 0 Å². The second kappa shape index (κ2) is 12.8. The number of halogens is 2. The van der Waals surface area contributed by atoms with E-state index in [0.29, 0.717) is 42.5 Å². The summed E-state index contributed by atoms with van der Waals surface area (Å²) in [6, 6.07) is 8.84. The lowest BCUT2D eigenvalue weighted by molar-refractivity contribution is -0.121. The molecule has 2 aromatic carbocycles. The molecule has 3 aliphatic rings. The maximum Gasteiger partial charge on any atom is 0.247 e. The van der Waals surface area contributed by atoms with E-state index < -0.39 is 17.7 Å². The molecule has 5 rings (SSSR count). The molecule has 1 fully saturated rings. The van der Waals surface area contributed by atoms with Crippen LogP contribution < -0.4 is 11.1 Å². The Morgan fingerprint density at radius 3 is 2.79 bits per heavy atom. The molecule has 3 aliphatic heterocycles. The maximum atomic E-state index is 14.5. The molecule has 2 aromatic rings. The first-order chi connectivity index (χ1) is 20.2. The number of methoxy groups -OCH3 is 1. The quantitative estimate of drug-likeness (QED) is 0.259. The minimum Gasteiger partial charge on any atom is -0.495 e. The Balaban J connectivity index is 1.47. The number of ether oxygens (including phenoxy) is 2. The van der Waals surface area contributed by atoms with Crippen LogP contribution in [0.1, 0.15) is 48.8 Å². The third-order valence-electron chi connectivity index (χ3n) is 7.50. The zero-order valence-corrected chi connectivity index (χ0v) is 24.0. The topological polar surface area (TPSA) is 122 Å². The number of rotatable bonds is 9. The number of amidine groups is 1. The van der Waals surface area contributed by atoms with Crippen molar-refractivity contribution >= 4 is 40.3 Å². The molecule has 0 bridgehead atoms. The van der Waals surface area contributed by atoms with Crippen LogP contribution in [0.25, 0.3) is 5.57 Å². The number of anilines is 1. The molecular weight excluding hydrogens is 561 g/mol. The van der Waals surface area contributed by atoms with Crippen LogP contribution in [-0.4, -0.2) is 54.8 Å². The van der Waals surface area contributed by atoms with Crippen LogP contribution in [0.15, 0.2) is 71.9 Å². The number of carbonyl (C=O) groups is 1. The van der Waals surface area contributed by atoms with Gasteiger partial charge in [-0.1, -0.05) is 29.4 Å². The fourth-order valence-corrected chi connectivity index (χ4v) is 5.54. The number of amides is 1. The van der Waals surface area contributed by atoms with Gasteiger partial charge in [-0.05, 0) is 61.2 Å². The average molecular weight is 594 g/mol. The second-order valence-electron chi connectivity index (χ2n) is 10.3. The fourth-order valence-electron chi connectivity index (χ4n) is 5.37. The summed E-state index contributed by atoms with van der Waals surface area (Å²) in [5, 5.41) is 15.1. The molecule has 9 nitrogen and oxygen atoms in total. The highest BCUT2D eigenvalue weighted by atomic mass is 35.5. The van der Waals surface area contributed by atoms with E-state index in [-0.39, 0.29) is 23.3 Å². The monoisotopic (exact) mass is 593 g/mol. The summed E-state index contributed by atoms with van der Waals surface area (Å²) in [5.74, 6) is -0.953. The van der Waals surface area contributed by atoms with E-state index in [1.165, 1.54) is 12.1 Å². The Labute approximate surface area is 248 Å². The number of benzene rings is 2. The Morgan fingerprint density at radius 1 is 1.29 bits per heavy atom. The van der Waals surface area contributed by atoms with Crippen molar-refractivity contribution in [1.82, 2.24) is 4.90 Å². The molecule has 42 heavy (non-hydrogen) atoms. The van der Waals surface area contributed by atoms with Gasteiger partial charge in [-0.15, -0.1) is 0 Å². The highest BCUT2D eigenvalue weighted by Crippen LogP contribution is 2.37. The van der Waals surface area contributed by atoms with Crippen molar-refractivity contribution < 1.29 is 23.5 Å². The first kappa shape index (κ1) is 29.3. The normalized spacial score (nSPS) is 19.3. The molecule has 1 unspecified atom stereocenters. The van der Waals surface area contributed by atoms with E-state index in [1.807, 2.05) is 18.2 Å². The van der Waals surface area contributed by atoms with Crippen molar-refractivity contribution in [2.24, 2.45) is 10.9 Å².